The van der Waals surface area contributed by atoms with Crippen molar-refractivity contribution in [1.82, 2.24) is 9.88 Å². The first-order chi connectivity index (χ1) is 10.7. The molecule has 0 radical (unpaired) electrons. The molecule has 0 saturated heterocycles. The van der Waals surface area contributed by atoms with Crippen molar-refractivity contribution in [3.63, 3.8) is 0 Å². The molecule has 2 aromatic rings. The molecular weight excluding hydrogens is 320 g/mol. The van der Waals surface area contributed by atoms with Crippen LogP contribution in [0.15, 0.2) is 41.6 Å². The number of rotatable bonds is 4. The summed E-state index contributed by atoms with van der Waals surface area (Å²) in [5.41, 5.74) is 5.52. The molecular formula is C14H16N4O4S. The van der Waals surface area contributed by atoms with E-state index in [0.29, 0.717) is 5.69 Å². The van der Waals surface area contributed by atoms with Gasteiger partial charge in [-0.3, -0.25) is 15.5 Å². The zero-order valence-corrected chi connectivity index (χ0v) is 13.3. The molecule has 0 bridgehead atoms. The summed E-state index contributed by atoms with van der Waals surface area (Å²) in [6.07, 6.45) is 4.42. The number of nitrogens with zero attached hydrogens (tertiary/aromatic N) is 1. The zero-order valence-electron chi connectivity index (χ0n) is 12.5. The van der Waals surface area contributed by atoms with Crippen molar-refractivity contribution in [2.24, 2.45) is 5.73 Å². The molecule has 0 saturated carbocycles. The molecule has 122 valence electrons. The number of sulfone groups is 1. The van der Waals surface area contributed by atoms with Crippen molar-refractivity contribution in [2.75, 3.05) is 13.4 Å². The van der Waals surface area contributed by atoms with Crippen LogP contribution in [0, 0.1) is 5.41 Å². The second-order valence-electron chi connectivity index (χ2n) is 4.75. The average Bonchev–Trinajstić information content (AvgIpc) is 2.98. The molecule has 2 rings (SSSR count). The Morgan fingerprint density at radius 1 is 1.30 bits per heavy atom. The van der Waals surface area contributed by atoms with Gasteiger partial charge in [-0.15, -0.1) is 0 Å². The zero-order chi connectivity index (χ0) is 17.2. The minimum atomic E-state index is -3.56. The van der Waals surface area contributed by atoms with Crippen LogP contribution in [-0.4, -0.2) is 38.2 Å². The number of guanidine groups is 1. The number of carbonyl (C=O) groups is 1. The molecule has 1 aromatic carbocycles. The van der Waals surface area contributed by atoms with E-state index < -0.39 is 21.7 Å². The summed E-state index contributed by atoms with van der Waals surface area (Å²) in [5, 5.41) is 9.28. The van der Waals surface area contributed by atoms with Gasteiger partial charge in [-0.05, 0) is 24.3 Å². The number of nitrogens with one attached hydrogen (secondary N) is 2. The fourth-order valence-electron chi connectivity index (χ4n) is 2.06. The Balaban J connectivity index is 2.76. The molecule has 9 heteroatoms. The van der Waals surface area contributed by atoms with E-state index in [1.54, 1.807) is 29.1 Å². The lowest BCUT2D eigenvalue weighted by molar-refractivity contribution is 0.0973. The maximum Gasteiger partial charge on any atom is 0.261 e. The molecule has 0 aliphatic heterocycles. The minimum absolute atomic E-state index is 0.0330. The van der Waals surface area contributed by atoms with Crippen molar-refractivity contribution in [3.8, 4) is 11.4 Å². The maximum absolute atomic E-state index is 12.2. The van der Waals surface area contributed by atoms with E-state index in [0.717, 1.165) is 6.26 Å². The van der Waals surface area contributed by atoms with Gasteiger partial charge in [-0.25, -0.2) is 8.42 Å². The van der Waals surface area contributed by atoms with Crippen molar-refractivity contribution in [1.29, 1.82) is 5.41 Å². The predicted molar refractivity (Wildman–Crippen MR) is 84.8 cm³/mol. The third-order valence-electron chi connectivity index (χ3n) is 3.05. The number of carbonyl (C=O) groups excluding carboxylic acids is 1. The van der Waals surface area contributed by atoms with Crippen molar-refractivity contribution >= 4 is 21.7 Å². The summed E-state index contributed by atoms with van der Waals surface area (Å²) in [7, 11) is -2.19. The van der Waals surface area contributed by atoms with Gasteiger partial charge in [0, 0.05) is 18.6 Å². The molecule has 0 unspecified atom stereocenters. The molecule has 1 amide bonds. The van der Waals surface area contributed by atoms with Crippen LogP contribution in [0.2, 0.25) is 0 Å². The van der Waals surface area contributed by atoms with E-state index in [1.807, 2.05) is 0 Å². The summed E-state index contributed by atoms with van der Waals surface area (Å²) in [6, 6.07) is 6.11. The van der Waals surface area contributed by atoms with Crippen molar-refractivity contribution in [2.45, 2.75) is 4.90 Å². The summed E-state index contributed by atoms with van der Waals surface area (Å²) < 4.78 is 30.7. The van der Waals surface area contributed by atoms with E-state index >= 15 is 0 Å². The van der Waals surface area contributed by atoms with Crippen molar-refractivity contribution in [3.05, 3.63) is 42.2 Å². The van der Waals surface area contributed by atoms with Crippen LogP contribution in [0.4, 0.5) is 0 Å². The van der Waals surface area contributed by atoms with Crippen LogP contribution >= 0.6 is 0 Å². The maximum atomic E-state index is 12.2. The van der Waals surface area contributed by atoms with Gasteiger partial charge < -0.3 is 15.0 Å². The third-order valence-corrected chi connectivity index (χ3v) is 4.14. The number of hydrogen-bond acceptors (Lipinski definition) is 5. The predicted octanol–water partition coefficient (Wildman–Crippen LogP) is 0.513. The Labute approximate surface area is 133 Å². The molecule has 0 aliphatic carbocycles. The highest BCUT2D eigenvalue weighted by atomic mass is 32.2. The Kier molecular flexibility index (Phi) is 4.41. The summed E-state index contributed by atoms with van der Waals surface area (Å²) in [5.74, 6) is -1.11. The molecule has 8 nitrogen and oxygen atoms in total. The number of methoxy groups -OCH3 is 1. The van der Waals surface area contributed by atoms with Crippen LogP contribution in [0.3, 0.4) is 0 Å². The van der Waals surface area contributed by atoms with Crippen LogP contribution in [0.5, 0.6) is 5.75 Å². The van der Waals surface area contributed by atoms with Crippen LogP contribution < -0.4 is 15.8 Å². The van der Waals surface area contributed by atoms with Gasteiger partial charge in [0.1, 0.15) is 0 Å². The number of nitrogens with two attached hydrogens (primary N) is 1. The quantitative estimate of drug-likeness (QED) is 0.554. The van der Waals surface area contributed by atoms with E-state index in [-0.39, 0.29) is 16.2 Å². The van der Waals surface area contributed by atoms with Gasteiger partial charge >= 0.3 is 0 Å². The van der Waals surface area contributed by atoms with Gasteiger partial charge in [0.15, 0.2) is 21.5 Å². The lowest BCUT2D eigenvalue weighted by atomic mass is 10.1. The minimum Gasteiger partial charge on any atom is -0.494 e. The highest BCUT2D eigenvalue weighted by Gasteiger charge is 2.22. The topological polar surface area (TPSA) is 127 Å². The summed E-state index contributed by atoms with van der Waals surface area (Å²) in [4.78, 5) is 12.2. The smallest absolute Gasteiger partial charge is 0.261 e. The lowest BCUT2D eigenvalue weighted by Gasteiger charge is -2.16. The SMILES string of the molecule is COc1c(C(=O)NC(=N)N)cc(S(C)(=O)=O)cc1-n1cccc1. The fourth-order valence-corrected chi connectivity index (χ4v) is 2.72. The molecule has 23 heavy (non-hydrogen) atoms. The molecule has 0 fully saturated rings. The molecule has 0 spiro atoms. The summed E-state index contributed by atoms with van der Waals surface area (Å²) in [6.45, 7) is 0. The Hall–Kier alpha value is -2.81. The van der Waals surface area contributed by atoms with Crippen molar-refractivity contribution < 1.29 is 17.9 Å². The van der Waals surface area contributed by atoms with Gasteiger partial charge in [-0.2, -0.15) is 0 Å². The number of benzene rings is 1. The Morgan fingerprint density at radius 3 is 2.39 bits per heavy atom. The lowest BCUT2D eigenvalue weighted by Crippen LogP contribution is -2.36. The summed E-state index contributed by atoms with van der Waals surface area (Å²) >= 11 is 0. The third kappa shape index (κ3) is 3.51. The second kappa shape index (κ2) is 6.13. The first-order valence-electron chi connectivity index (χ1n) is 6.45. The number of aromatic nitrogens is 1. The standard InChI is InChI=1S/C14H16N4O4S/c1-22-12-10(13(19)17-14(15)16)7-9(23(2,20)21)8-11(12)18-5-3-4-6-18/h3-8H,1-2H3,(H4,15,16,17,19). The normalized spacial score (nSPS) is 11.0. The van der Waals surface area contributed by atoms with E-state index in [2.05, 4.69) is 5.32 Å². The molecule has 1 aromatic heterocycles. The monoisotopic (exact) mass is 336 g/mol. The second-order valence-corrected chi connectivity index (χ2v) is 6.77. The molecule has 0 aliphatic rings. The number of hydrogen-bond donors (Lipinski definition) is 3. The van der Waals surface area contributed by atoms with Gasteiger partial charge in [0.2, 0.25) is 0 Å². The molecule has 1 heterocycles. The Morgan fingerprint density at radius 2 is 1.91 bits per heavy atom. The Bertz CT molecular complexity index is 857. The van der Waals surface area contributed by atoms with E-state index in [4.69, 9.17) is 15.9 Å². The van der Waals surface area contributed by atoms with Crippen LogP contribution in [-0.2, 0) is 9.84 Å². The van der Waals surface area contributed by atoms with Crippen LogP contribution in [0.1, 0.15) is 10.4 Å². The number of ether oxygens (including phenoxy) is 1. The van der Waals surface area contributed by atoms with Gasteiger partial charge in [-0.1, -0.05) is 0 Å². The van der Waals surface area contributed by atoms with Gasteiger partial charge in [0.05, 0.1) is 23.3 Å². The van der Waals surface area contributed by atoms with Gasteiger partial charge in [0.25, 0.3) is 5.91 Å². The highest BCUT2D eigenvalue weighted by molar-refractivity contribution is 7.90. The average molecular weight is 336 g/mol. The largest absolute Gasteiger partial charge is 0.494 e. The molecule has 4 N–H and O–H groups in total. The number of amides is 1. The van der Waals surface area contributed by atoms with Crippen LogP contribution in [0.25, 0.3) is 5.69 Å². The van der Waals surface area contributed by atoms with E-state index in [1.165, 1.54) is 19.2 Å². The fraction of sp³-hybridized carbons (Fsp3) is 0.143. The highest BCUT2D eigenvalue weighted by Crippen LogP contribution is 2.31. The van der Waals surface area contributed by atoms with E-state index in [9.17, 15) is 13.2 Å². The first kappa shape index (κ1) is 16.6. The molecule has 0 atom stereocenters. The first-order valence-corrected chi connectivity index (χ1v) is 8.34.